The van der Waals surface area contributed by atoms with Crippen LogP contribution in [0.3, 0.4) is 0 Å². The summed E-state index contributed by atoms with van der Waals surface area (Å²) in [6.07, 6.45) is 0. The zero-order chi connectivity index (χ0) is 13.2. The third kappa shape index (κ3) is 2.31. The molecule has 1 heterocycles. The molecule has 0 spiro atoms. The van der Waals surface area contributed by atoms with Gasteiger partial charge in [-0.2, -0.15) is 0 Å². The third-order valence-electron chi connectivity index (χ3n) is 3.61. The molecular weight excluding hydrogens is 228 g/mol. The maximum atomic E-state index is 5.52. The Morgan fingerprint density at radius 1 is 1.11 bits per heavy atom. The zero-order valence-corrected chi connectivity index (χ0v) is 11.6. The zero-order valence-electron chi connectivity index (χ0n) is 11.6. The van der Waals surface area contributed by atoms with Crippen LogP contribution >= 0.6 is 0 Å². The van der Waals surface area contributed by atoms with Crippen LogP contribution in [0.5, 0.6) is 11.5 Å². The van der Waals surface area contributed by atoms with Gasteiger partial charge in [0, 0.05) is 25.2 Å². The quantitative estimate of drug-likeness (QED) is 0.851. The van der Waals surface area contributed by atoms with Crippen molar-refractivity contribution in [2.45, 2.75) is 19.4 Å². The Bertz CT molecular complexity index is 426. The molecule has 1 aliphatic heterocycles. The van der Waals surface area contributed by atoms with E-state index >= 15 is 0 Å². The van der Waals surface area contributed by atoms with E-state index in [9.17, 15) is 0 Å². The average molecular weight is 250 g/mol. The van der Waals surface area contributed by atoms with Crippen LogP contribution in [0.15, 0.2) is 12.1 Å². The number of benzene rings is 1. The lowest BCUT2D eigenvalue weighted by atomic mass is 9.88. The summed E-state index contributed by atoms with van der Waals surface area (Å²) in [5, 5.41) is 6.98. The van der Waals surface area contributed by atoms with E-state index in [0.29, 0.717) is 0 Å². The minimum Gasteiger partial charge on any atom is -0.496 e. The molecule has 0 bridgehead atoms. The van der Waals surface area contributed by atoms with Gasteiger partial charge in [-0.1, -0.05) is 0 Å². The molecule has 1 saturated heterocycles. The lowest BCUT2D eigenvalue weighted by Gasteiger charge is -2.37. The van der Waals surface area contributed by atoms with Crippen LogP contribution in [-0.2, 0) is 5.54 Å². The highest BCUT2D eigenvalue weighted by Gasteiger charge is 2.31. The number of ether oxygens (including phenoxy) is 2. The second-order valence-electron chi connectivity index (χ2n) is 4.96. The summed E-state index contributed by atoms with van der Waals surface area (Å²) in [5.74, 6) is 1.81. The van der Waals surface area contributed by atoms with Gasteiger partial charge in [-0.15, -0.1) is 0 Å². The molecule has 1 aromatic carbocycles. The van der Waals surface area contributed by atoms with Crippen molar-refractivity contribution in [3.63, 3.8) is 0 Å². The largest absolute Gasteiger partial charge is 0.496 e. The lowest BCUT2D eigenvalue weighted by Crippen LogP contribution is -2.55. The summed E-state index contributed by atoms with van der Waals surface area (Å²) in [6, 6.07) is 4.11. The summed E-state index contributed by atoms with van der Waals surface area (Å²) in [6.45, 7) is 7.05. The van der Waals surface area contributed by atoms with Crippen molar-refractivity contribution in [3.05, 3.63) is 23.3 Å². The molecule has 0 radical (unpaired) electrons. The molecule has 0 aliphatic carbocycles. The van der Waals surface area contributed by atoms with Crippen LogP contribution in [0.2, 0.25) is 0 Å². The van der Waals surface area contributed by atoms with E-state index in [1.807, 2.05) is 13.0 Å². The second kappa shape index (κ2) is 5.16. The molecule has 1 aromatic rings. The van der Waals surface area contributed by atoms with Crippen molar-refractivity contribution in [1.29, 1.82) is 0 Å². The monoisotopic (exact) mass is 250 g/mol. The summed E-state index contributed by atoms with van der Waals surface area (Å²) < 4.78 is 10.9. The number of hydrogen-bond acceptors (Lipinski definition) is 4. The fraction of sp³-hybridized carbons (Fsp3) is 0.571. The molecule has 100 valence electrons. The van der Waals surface area contributed by atoms with Crippen molar-refractivity contribution in [3.8, 4) is 11.5 Å². The highest BCUT2D eigenvalue weighted by atomic mass is 16.5. The smallest absolute Gasteiger partial charge is 0.124 e. The fourth-order valence-electron chi connectivity index (χ4n) is 2.50. The molecular formula is C14H22N2O2. The maximum absolute atomic E-state index is 5.52. The Balaban J connectivity index is 2.47. The first kappa shape index (κ1) is 13.2. The molecule has 4 heteroatoms. The van der Waals surface area contributed by atoms with Crippen molar-refractivity contribution < 1.29 is 9.47 Å². The van der Waals surface area contributed by atoms with Crippen LogP contribution in [0.1, 0.15) is 18.1 Å². The van der Waals surface area contributed by atoms with E-state index in [1.54, 1.807) is 14.2 Å². The van der Waals surface area contributed by atoms with Gasteiger partial charge in [-0.25, -0.2) is 0 Å². The van der Waals surface area contributed by atoms with Gasteiger partial charge in [0.25, 0.3) is 0 Å². The minimum atomic E-state index is -0.120. The van der Waals surface area contributed by atoms with Gasteiger partial charge in [0.15, 0.2) is 0 Å². The Kier molecular flexibility index (Phi) is 3.78. The normalized spacial score (nSPS) is 23.8. The molecule has 1 atom stereocenters. The van der Waals surface area contributed by atoms with E-state index < -0.39 is 0 Å². The molecule has 0 amide bonds. The second-order valence-corrected chi connectivity index (χ2v) is 4.96. The summed E-state index contributed by atoms with van der Waals surface area (Å²) in [4.78, 5) is 0. The maximum Gasteiger partial charge on any atom is 0.124 e. The number of rotatable bonds is 3. The van der Waals surface area contributed by atoms with Crippen LogP contribution < -0.4 is 20.1 Å². The Labute approximate surface area is 109 Å². The van der Waals surface area contributed by atoms with E-state index in [4.69, 9.17) is 9.47 Å². The average Bonchev–Trinajstić information content (AvgIpc) is 2.39. The molecule has 2 rings (SSSR count). The van der Waals surface area contributed by atoms with E-state index in [-0.39, 0.29) is 5.54 Å². The summed E-state index contributed by atoms with van der Waals surface area (Å²) in [7, 11) is 3.41. The first-order valence-electron chi connectivity index (χ1n) is 6.29. The molecule has 0 saturated carbocycles. The van der Waals surface area contributed by atoms with Gasteiger partial charge in [-0.3, -0.25) is 0 Å². The van der Waals surface area contributed by atoms with E-state index in [1.165, 1.54) is 0 Å². The van der Waals surface area contributed by atoms with Crippen molar-refractivity contribution in [1.82, 2.24) is 10.6 Å². The molecule has 0 aromatic heterocycles. The topological polar surface area (TPSA) is 42.5 Å². The van der Waals surface area contributed by atoms with Crippen molar-refractivity contribution >= 4 is 0 Å². The molecule has 18 heavy (non-hydrogen) atoms. The van der Waals surface area contributed by atoms with Crippen LogP contribution in [0.25, 0.3) is 0 Å². The molecule has 1 unspecified atom stereocenters. The summed E-state index contributed by atoms with van der Waals surface area (Å²) >= 11 is 0. The van der Waals surface area contributed by atoms with E-state index in [0.717, 1.165) is 42.3 Å². The fourth-order valence-corrected chi connectivity index (χ4v) is 2.50. The number of hydrogen-bond donors (Lipinski definition) is 2. The predicted octanol–water partition coefficient (Wildman–Crippen LogP) is 1.42. The number of nitrogens with one attached hydrogen (secondary N) is 2. The van der Waals surface area contributed by atoms with Gasteiger partial charge < -0.3 is 20.1 Å². The predicted molar refractivity (Wildman–Crippen MR) is 72.5 cm³/mol. The lowest BCUT2D eigenvalue weighted by molar-refractivity contribution is 0.287. The SMILES string of the molecule is COc1cc(C2(C)CNCCN2)c(OC)cc1C. The Morgan fingerprint density at radius 3 is 2.39 bits per heavy atom. The van der Waals surface area contributed by atoms with Crippen molar-refractivity contribution in [2.75, 3.05) is 33.9 Å². The highest BCUT2D eigenvalue weighted by Crippen LogP contribution is 2.35. The molecule has 2 N–H and O–H groups in total. The highest BCUT2D eigenvalue weighted by molar-refractivity contribution is 5.49. The molecule has 1 fully saturated rings. The van der Waals surface area contributed by atoms with Gasteiger partial charge in [-0.05, 0) is 31.5 Å². The number of piperazine rings is 1. The van der Waals surface area contributed by atoms with E-state index in [2.05, 4.69) is 23.6 Å². The number of methoxy groups -OCH3 is 2. The standard InChI is InChI=1S/C14H22N2O2/c1-10-7-13(18-4)11(8-12(10)17-3)14(2)9-15-5-6-16-14/h7-8,15-16H,5-6,9H2,1-4H3. The van der Waals surface area contributed by atoms with Crippen molar-refractivity contribution in [2.24, 2.45) is 0 Å². The minimum absolute atomic E-state index is 0.120. The van der Waals surface area contributed by atoms with Crippen LogP contribution in [-0.4, -0.2) is 33.9 Å². The number of aryl methyl sites for hydroxylation is 1. The Morgan fingerprint density at radius 2 is 1.83 bits per heavy atom. The third-order valence-corrected chi connectivity index (χ3v) is 3.61. The van der Waals surface area contributed by atoms with Crippen LogP contribution in [0.4, 0.5) is 0 Å². The van der Waals surface area contributed by atoms with Crippen LogP contribution in [0, 0.1) is 6.92 Å². The molecule has 4 nitrogen and oxygen atoms in total. The van der Waals surface area contributed by atoms with Gasteiger partial charge in [0.1, 0.15) is 11.5 Å². The van der Waals surface area contributed by atoms with Gasteiger partial charge in [0.2, 0.25) is 0 Å². The first-order chi connectivity index (χ1) is 8.60. The first-order valence-corrected chi connectivity index (χ1v) is 6.29. The van der Waals surface area contributed by atoms with Gasteiger partial charge >= 0.3 is 0 Å². The Hall–Kier alpha value is -1.26. The summed E-state index contributed by atoms with van der Waals surface area (Å²) in [5.41, 5.74) is 2.11. The van der Waals surface area contributed by atoms with Gasteiger partial charge in [0.05, 0.1) is 19.8 Å². The molecule has 1 aliphatic rings.